The van der Waals surface area contributed by atoms with Crippen LogP contribution in [0.2, 0.25) is 0 Å². The van der Waals surface area contributed by atoms with Crippen LogP contribution in [0.25, 0.3) is 0 Å². The Bertz CT molecular complexity index is 526. The van der Waals surface area contributed by atoms with Crippen molar-refractivity contribution in [1.29, 1.82) is 0 Å². The summed E-state index contributed by atoms with van der Waals surface area (Å²) in [7, 11) is 0. The van der Waals surface area contributed by atoms with Gasteiger partial charge in [0.15, 0.2) is 0 Å². The van der Waals surface area contributed by atoms with Crippen molar-refractivity contribution in [3.05, 3.63) is 29.3 Å². The molecule has 0 spiro atoms. The first-order chi connectivity index (χ1) is 10.1. The summed E-state index contributed by atoms with van der Waals surface area (Å²) in [5, 5.41) is 2.96. The minimum atomic E-state index is -0.0180. The molecule has 2 rings (SSSR count). The number of hydrogen-bond acceptors (Lipinski definition) is 2. The number of nitrogens with one attached hydrogen (secondary N) is 1. The van der Waals surface area contributed by atoms with Crippen LogP contribution in [0, 0.1) is 0 Å². The Hall–Kier alpha value is -1.84. The maximum absolute atomic E-state index is 12.1. The Morgan fingerprint density at radius 1 is 1.24 bits per heavy atom. The number of hydrogen-bond donors (Lipinski definition) is 1. The van der Waals surface area contributed by atoms with E-state index in [1.165, 1.54) is 12.8 Å². The number of nitrogens with zero attached hydrogens (tertiary/aromatic N) is 1. The summed E-state index contributed by atoms with van der Waals surface area (Å²) in [5.74, 6) is 0.0393. The normalized spacial score (nSPS) is 13.1. The molecule has 0 radical (unpaired) electrons. The summed E-state index contributed by atoms with van der Waals surface area (Å²) in [6.45, 7) is 5.20. The van der Waals surface area contributed by atoms with E-state index in [2.05, 4.69) is 12.2 Å². The molecule has 0 bridgehead atoms. The van der Waals surface area contributed by atoms with Gasteiger partial charge in [-0.3, -0.25) is 9.59 Å². The molecule has 0 atom stereocenters. The highest BCUT2D eigenvalue weighted by Gasteiger charge is 2.22. The third-order valence-electron chi connectivity index (χ3n) is 3.93. The van der Waals surface area contributed by atoms with Crippen molar-refractivity contribution in [2.24, 2.45) is 0 Å². The molecule has 1 aliphatic heterocycles. The number of amides is 2. The molecule has 1 aliphatic rings. The number of anilines is 1. The highest BCUT2D eigenvalue weighted by Crippen LogP contribution is 2.28. The van der Waals surface area contributed by atoms with E-state index in [0.717, 1.165) is 37.1 Å². The summed E-state index contributed by atoms with van der Waals surface area (Å²) in [5.41, 5.74) is 2.72. The first-order valence-electron chi connectivity index (χ1n) is 7.82. The Morgan fingerprint density at radius 2 is 2.05 bits per heavy atom. The molecule has 1 N–H and O–H groups in total. The Kier molecular flexibility index (Phi) is 5.37. The quantitative estimate of drug-likeness (QED) is 0.818. The van der Waals surface area contributed by atoms with Crippen LogP contribution in [-0.4, -0.2) is 24.9 Å². The van der Waals surface area contributed by atoms with Crippen LogP contribution in [0.1, 0.15) is 55.5 Å². The lowest BCUT2D eigenvalue weighted by Crippen LogP contribution is -2.26. The van der Waals surface area contributed by atoms with E-state index in [0.29, 0.717) is 12.1 Å². The minimum absolute atomic E-state index is 0.0180. The van der Waals surface area contributed by atoms with Crippen molar-refractivity contribution in [2.75, 3.05) is 18.0 Å². The van der Waals surface area contributed by atoms with Crippen LogP contribution >= 0.6 is 0 Å². The van der Waals surface area contributed by atoms with Crippen molar-refractivity contribution < 1.29 is 9.59 Å². The Labute approximate surface area is 126 Å². The lowest BCUT2D eigenvalue weighted by atomic mass is 10.1. The topological polar surface area (TPSA) is 49.4 Å². The zero-order valence-electron chi connectivity index (χ0n) is 12.9. The van der Waals surface area contributed by atoms with Gasteiger partial charge in [0.2, 0.25) is 5.91 Å². The summed E-state index contributed by atoms with van der Waals surface area (Å²) >= 11 is 0. The van der Waals surface area contributed by atoms with E-state index >= 15 is 0 Å². The fourth-order valence-corrected chi connectivity index (χ4v) is 2.73. The van der Waals surface area contributed by atoms with Crippen LogP contribution < -0.4 is 10.2 Å². The highest BCUT2D eigenvalue weighted by atomic mass is 16.2. The number of fused-ring (bicyclic) bond motifs is 1. The van der Waals surface area contributed by atoms with Gasteiger partial charge in [0.25, 0.3) is 5.91 Å². The highest BCUT2D eigenvalue weighted by molar-refractivity contribution is 5.97. The summed E-state index contributed by atoms with van der Waals surface area (Å²) < 4.78 is 0. The minimum Gasteiger partial charge on any atom is -0.352 e. The molecule has 1 aromatic rings. The van der Waals surface area contributed by atoms with Crippen molar-refractivity contribution in [2.45, 2.75) is 46.0 Å². The van der Waals surface area contributed by atoms with Crippen LogP contribution in [-0.2, 0) is 11.2 Å². The molecule has 0 unspecified atom stereocenters. The number of benzene rings is 1. The average molecular weight is 288 g/mol. The van der Waals surface area contributed by atoms with Gasteiger partial charge in [0.05, 0.1) is 0 Å². The fourth-order valence-electron chi connectivity index (χ4n) is 2.73. The van der Waals surface area contributed by atoms with Crippen molar-refractivity contribution in [3.63, 3.8) is 0 Å². The molecule has 0 aromatic heterocycles. The molecule has 21 heavy (non-hydrogen) atoms. The standard InChI is InChI=1S/C17H24N2O2/c1-3-4-5-6-10-18-17(21)15-7-8-16-14(12-15)9-11-19(16)13(2)20/h7-8,12H,3-6,9-11H2,1-2H3,(H,18,21). The van der Waals surface area contributed by atoms with Gasteiger partial charge in [0.1, 0.15) is 0 Å². The van der Waals surface area contributed by atoms with Gasteiger partial charge >= 0.3 is 0 Å². The monoisotopic (exact) mass is 288 g/mol. The SMILES string of the molecule is CCCCCCNC(=O)c1ccc2c(c1)CCN2C(C)=O. The predicted octanol–water partition coefficient (Wildman–Crippen LogP) is 2.91. The zero-order chi connectivity index (χ0) is 15.2. The van der Waals surface area contributed by atoms with E-state index in [9.17, 15) is 9.59 Å². The van der Waals surface area contributed by atoms with Crippen LogP contribution in [0.3, 0.4) is 0 Å². The van der Waals surface area contributed by atoms with E-state index in [4.69, 9.17) is 0 Å². The second-order valence-electron chi connectivity index (χ2n) is 5.58. The van der Waals surface area contributed by atoms with Gasteiger partial charge < -0.3 is 10.2 Å². The molecule has 4 nitrogen and oxygen atoms in total. The van der Waals surface area contributed by atoms with Crippen LogP contribution in [0.15, 0.2) is 18.2 Å². The van der Waals surface area contributed by atoms with Crippen LogP contribution in [0.5, 0.6) is 0 Å². The molecule has 0 saturated carbocycles. The fraction of sp³-hybridized carbons (Fsp3) is 0.529. The molecule has 0 saturated heterocycles. The second-order valence-corrected chi connectivity index (χ2v) is 5.58. The largest absolute Gasteiger partial charge is 0.352 e. The molecule has 1 aromatic carbocycles. The first-order valence-corrected chi connectivity index (χ1v) is 7.82. The summed E-state index contributed by atoms with van der Waals surface area (Å²) in [4.78, 5) is 25.4. The molecular formula is C17H24N2O2. The number of unbranched alkanes of at least 4 members (excludes halogenated alkanes) is 3. The smallest absolute Gasteiger partial charge is 0.251 e. The zero-order valence-corrected chi connectivity index (χ0v) is 12.9. The van der Waals surface area contributed by atoms with Gasteiger partial charge in [-0.15, -0.1) is 0 Å². The Balaban J connectivity index is 1.93. The van der Waals surface area contributed by atoms with E-state index in [1.54, 1.807) is 11.8 Å². The number of rotatable bonds is 6. The average Bonchev–Trinajstić information content (AvgIpc) is 2.90. The van der Waals surface area contributed by atoms with E-state index in [-0.39, 0.29) is 11.8 Å². The molecule has 2 amide bonds. The van der Waals surface area contributed by atoms with Gasteiger partial charge in [-0.25, -0.2) is 0 Å². The maximum Gasteiger partial charge on any atom is 0.251 e. The summed E-state index contributed by atoms with van der Waals surface area (Å²) in [6.07, 6.45) is 5.44. The molecule has 0 aliphatic carbocycles. The first kappa shape index (κ1) is 15.5. The Morgan fingerprint density at radius 3 is 2.76 bits per heavy atom. The molecular weight excluding hydrogens is 264 g/mol. The van der Waals surface area contributed by atoms with Gasteiger partial charge in [-0.05, 0) is 36.6 Å². The lowest BCUT2D eigenvalue weighted by Gasteiger charge is -2.14. The second kappa shape index (κ2) is 7.25. The van der Waals surface area contributed by atoms with Crippen molar-refractivity contribution in [3.8, 4) is 0 Å². The molecule has 1 heterocycles. The summed E-state index contributed by atoms with van der Waals surface area (Å²) in [6, 6.07) is 5.61. The van der Waals surface area contributed by atoms with Crippen LogP contribution in [0.4, 0.5) is 5.69 Å². The van der Waals surface area contributed by atoms with Gasteiger partial charge in [-0.1, -0.05) is 26.2 Å². The third-order valence-corrected chi connectivity index (χ3v) is 3.93. The predicted molar refractivity (Wildman–Crippen MR) is 84.6 cm³/mol. The van der Waals surface area contributed by atoms with Crippen molar-refractivity contribution in [1.82, 2.24) is 5.32 Å². The number of carbonyl (C=O) groups is 2. The molecule has 0 fully saturated rings. The maximum atomic E-state index is 12.1. The number of carbonyl (C=O) groups excluding carboxylic acids is 2. The van der Waals surface area contributed by atoms with E-state index < -0.39 is 0 Å². The lowest BCUT2D eigenvalue weighted by molar-refractivity contribution is -0.116. The van der Waals surface area contributed by atoms with E-state index in [1.807, 2.05) is 18.2 Å². The van der Waals surface area contributed by atoms with Gasteiger partial charge in [0, 0.05) is 31.3 Å². The molecule has 4 heteroatoms. The molecule has 114 valence electrons. The third kappa shape index (κ3) is 3.84. The van der Waals surface area contributed by atoms with Gasteiger partial charge in [-0.2, -0.15) is 0 Å². The van der Waals surface area contributed by atoms with Crippen molar-refractivity contribution >= 4 is 17.5 Å².